The Hall–Kier alpha value is -1.86. The van der Waals surface area contributed by atoms with Crippen LogP contribution in [-0.4, -0.2) is 28.7 Å². The van der Waals surface area contributed by atoms with Crippen molar-refractivity contribution in [2.45, 2.75) is 43.8 Å². The van der Waals surface area contributed by atoms with Crippen LogP contribution in [-0.2, 0) is 20.7 Å². The number of esters is 1. The van der Waals surface area contributed by atoms with E-state index in [1.165, 1.54) is 28.7 Å². The lowest BCUT2D eigenvalue weighted by molar-refractivity contribution is -0.142. The Labute approximate surface area is 156 Å². The highest BCUT2D eigenvalue weighted by Crippen LogP contribution is 2.27. The average Bonchev–Trinajstić information content (AvgIpc) is 3.01. The Bertz CT molecular complexity index is 713. The van der Waals surface area contributed by atoms with Gasteiger partial charge in [0.15, 0.2) is 5.13 Å². The van der Waals surface area contributed by atoms with Crippen molar-refractivity contribution in [3.63, 3.8) is 0 Å². The maximum absolute atomic E-state index is 12.5. The van der Waals surface area contributed by atoms with Crippen molar-refractivity contribution in [3.05, 3.63) is 40.9 Å². The first-order valence-electron chi connectivity index (χ1n) is 8.16. The van der Waals surface area contributed by atoms with Gasteiger partial charge in [-0.25, -0.2) is 4.98 Å². The largest absolute Gasteiger partial charge is 0.466 e. The third-order valence-electron chi connectivity index (χ3n) is 3.38. The minimum Gasteiger partial charge on any atom is -0.466 e. The Balaban J connectivity index is 1.94. The number of carbonyl (C=O) groups is 2. The molecule has 5 nitrogen and oxygen atoms in total. The first kappa shape index (κ1) is 19.5. The fraction of sp³-hybridized carbons (Fsp3) is 0.389. The summed E-state index contributed by atoms with van der Waals surface area (Å²) in [6.45, 7) is 6.14. The average molecular weight is 379 g/mol. The molecule has 0 bridgehead atoms. The molecule has 2 aromatic rings. The molecule has 134 valence electrons. The number of carbonyl (C=O) groups excluding carboxylic acids is 2. The molecule has 0 fully saturated rings. The van der Waals surface area contributed by atoms with Crippen molar-refractivity contribution in [1.29, 1.82) is 0 Å². The number of ether oxygens (including phenoxy) is 1. The Morgan fingerprint density at radius 3 is 2.64 bits per heavy atom. The molecule has 1 atom stereocenters. The number of nitrogens with one attached hydrogen (secondary N) is 1. The molecule has 7 heteroatoms. The van der Waals surface area contributed by atoms with Crippen LogP contribution in [0.3, 0.4) is 0 Å². The van der Waals surface area contributed by atoms with E-state index in [0.717, 1.165) is 4.90 Å². The summed E-state index contributed by atoms with van der Waals surface area (Å²) < 4.78 is 4.90. The zero-order chi connectivity index (χ0) is 18.2. The second-order valence-electron chi connectivity index (χ2n) is 5.44. The van der Waals surface area contributed by atoms with Gasteiger partial charge in [0.2, 0.25) is 5.91 Å². The van der Waals surface area contributed by atoms with E-state index in [1.807, 2.05) is 38.1 Å². The number of hydrogen-bond acceptors (Lipinski definition) is 6. The van der Waals surface area contributed by atoms with E-state index in [-0.39, 0.29) is 23.5 Å². The van der Waals surface area contributed by atoms with Crippen LogP contribution in [0.4, 0.5) is 5.13 Å². The molecule has 2 rings (SSSR count). The summed E-state index contributed by atoms with van der Waals surface area (Å²) >= 11 is 2.85. The molecule has 25 heavy (non-hydrogen) atoms. The number of amides is 1. The number of thioether (sulfide) groups is 1. The lowest BCUT2D eigenvalue weighted by atomic mass is 10.2. The number of thiazole rings is 1. The van der Waals surface area contributed by atoms with Crippen molar-refractivity contribution in [2.75, 3.05) is 11.9 Å². The van der Waals surface area contributed by atoms with Crippen LogP contribution in [0.5, 0.6) is 0 Å². The number of nitrogens with zero attached hydrogens (tertiary/aromatic N) is 1. The minimum atomic E-state index is -0.313. The van der Waals surface area contributed by atoms with Gasteiger partial charge in [-0.3, -0.25) is 9.59 Å². The molecular formula is C18H22N2O3S2. The predicted octanol–water partition coefficient (Wildman–Crippen LogP) is 4.07. The Morgan fingerprint density at radius 1 is 1.28 bits per heavy atom. The molecule has 1 N–H and O–H groups in total. The van der Waals surface area contributed by atoms with Gasteiger partial charge in [-0.2, -0.15) is 0 Å². The van der Waals surface area contributed by atoms with Crippen molar-refractivity contribution in [2.24, 2.45) is 0 Å². The lowest BCUT2D eigenvalue weighted by Crippen LogP contribution is -2.24. The van der Waals surface area contributed by atoms with Gasteiger partial charge in [0.05, 0.1) is 24.0 Å². The number of benzene rings is 1. The lowest BCUT2D eigenvalue weighted by Gasteiger charge is -2.13. The van der Waals surface area contributed by atoms with Gasteiger partial charge in [0.25, 0.3) is 0 Å². The zero-order valence-electron chi connectivity index (χ0n) is 14.6. The Morgan fingerprint density at radius 2 is 2.00 bits per heavy atom. The van der Waals surface area contributed by atoms with Gasteiger partial charge in [-0.1, -0.05) is 24.6 Å². The van der Waals surface area contributed by atoms with Gasteiger partial charge in [0, 0.05) is 10.3 Å². The topological polar surface area (TPSA) is 68.3 Å². The van der Waals surface area contributed by atoms with Crippen LogP contribution in [0.2, 0.25) is 0 Å². The monoisotopic (exact) mass is 378 g/mol. The van der Waals surface area contributed by atoms with E-state index < -0.39 is 0 Å². The Kier molecular flexibility index (Phi) is 7.46. The highest BCUT2D eigenvalue weighted by Gasteiger charge is 2.19. The van der Waals surface area contributed by atoms with Crippen LogP contribution in [0.1, 0.15) is 31.5 Å². The third kappa shape index (κ3) is 6.17. The van der Waals surface area contributed by atoms with Gasteiger partial charge in [-0.15, -0.1) is 23.1 Å². The SMILES string of the molecule is CCOC(=O)Cc1csc(NC(=O)C(CC)Sc2ccc(C)cc2)n1. The number of aromatic nitrogens is 1. The van der Waals surface area contributed by atoms with E-state index in [2.05, 4.69) is 10.3 Å². The first-order chi connectivity index (χ1) is 12.0. The fourth-order valence-electron chi connectivity index (χ4n) is 2.09. The smallest absolute Gasteiger partial charge is 0.311 e. The summed E-state index contributed by atoms with van der Waals surface area (Å²) in [5.41, 5.74) is 1.80. The molecule has 1 amide bonds. The number of anilines is 1. The van der Waals surface area contributed by atoms with Crippen molar-refractivity contribution in [3.8, 4) is 0 Å². The van der Waals surface area contributed by atoms with E-state index in [4.69, 9.17) is 4.74 Å². The van der Waals surface area contributed by atoms with E-state index in [0.29, 0.717) is 23.9 Å². The van der Waals surface area contributed by atoms with Crippen LogP contribution < -0.4 is 5.32 Å². The van der Waals surface area contributed by atoms with Gasteiger partial charge in [0.1, 0.15) is 0 Å². The van der Waals surface area contributed by atoms with Crippen LogP contribution >= 0.6 is 23.1 Å². The number of hydrogen-bond donors (Lipinski definition) is 1. The summed E-state index contributed by atoms with van der Waals surface area (Å²) in [5.74, 6) is -0.392. The van der Waals surface area contributed by atoms with E-state index in [9.17, 15) is 9.59 Å². The highest BCUT2D eigenvalue weighted by atomic mass is 32.2. The fourth-order valence-corrected chi connectivity index (χ4v) is 3.76. The molecule has 1 aromatic carbocycles. The molecule has 1 heterocycles. The quantitative estimate of drug-likeness (QED) is 0.554. The van der Waals surface area contributed by atoms with E-state index in [1.54, 1.807) is 12.3 Å². The summed E-state index contributed by atoms with van der Waals surface area (Å²) in [5, 5.41) is 4.92. The standard InChI is InChI=1S/C18H22N2O3S2/c1-4-15(25-14-8-6-12(3)7-9-14)17(22)20-18-19-13(11-24-18)10-16(21)23-5-2/h6-9,11,15H,4-5,10H2,1-3H3,(H,19,20,22). The molecule has 1 aromatic heterocycles. The third-order valence-corrected chi connectivity index (χ3v) is 5.56. The maximum Gasteiger partial charge on any atom is 0.311 e. The van der Waals surface area contributed by atoms with Gasteiger partial charge < -0.3 is 10.1 Å². The highest BCUT2D eigenvalue weighted by molar-refractivity contribution is 8.00. The molecule has 0 radical (unpaired) electrons. The number of rotatable bonds is 8. The molecule has 0 spiro atoms. The molecule has 1 unspecified atom stereocenters. The maximum atomic E-state index is 12.5. The van der Waals surface area contributed by atoms with Crippen molar-refractivity contribution < 1.29 is 14.3 Å². The molecule has 0 aliphatic heterocycles. The number of aryl methyl sites for hydroxylation is 1. The normalized spacial score (nSPS) is 11.8. The second-order valence-corrected chi connectivity index (χ2v) is 7.58. The van der Waals surface area contributed by atoms with Crippen LogP contribution in [0.15, 0.2) is 34.5 Å². The molecule has 0 aliphatic carbocycles. The van der Waals surface area contributed by atoms with Gasteiger partial charge >= 0.3 is 5.97 Å². The molecule has 0 aliphatic rings. The minimum absolute atomic E-state index is 0.0786. The van der Waals surface area contributed by atoms with Crippen LogP contribution in [0, 0.1) is 6.92 Å². The van der Waals surface area contributed by atoms with Crippen LogP contribution in [0.25, 0.3) is 0 Å². The van der Waals surface area contributed by atoms with Crippen molar-refractivity contribution in [1.82, 2.24) is 4.98 Å². The van der Waals surface area contributed by atoms with E-state index >= 15 is 0 Å². The first-order valence-corrected chi connectivity index (χ1v) is 9.92. The summed E-state index contributed by atoms with van der Waals surface area (Å²) in [6.07, 6.45) is 0.834. The zero-order valence-corrected chi connectivity index (χ0v) is 16.2. The molecule has 0 saturated heterocycles. The summed E-state index contributed by atoms with van der Waals surface area (Å²) in [6, 6.07) is 8.12. The predicted molar refractivity (Wildman–Crippen MR) is 102 cm³/mol. The summed E-state index contributed by atoms with van der Waals surface area (Å²) in [4.78, 5) is 29.3. The summed E-state index contributed by atoms with van der Waals surface area (Å²) in [7, 11) is 0. The van der Waals surface area contributed by atoms with Gasteiger partial charge in [-0.05, 0) is 32.4 Å². The molecule has 0 saturated carbocycles. The molecular weight excluding hydrogens is 356 g/mol. The van der Waals surface area contributed by atoms with Crippen molar-refractivity contribution >= 4 is 40.1 Å². The second kappa shape index (κ2) is 9.58.